The van der Waals surface area contributed by atoms with Gasteiger partial charge < -0.3 is 15.3 Å². The molecule has 2 amide bonds. The van der Waals surface area contributed by atoms with Crippen LogP contribution in [0.5, 0.6) is 0 Å². The Morgan fingerprint density at radius 2 is 1.96 bits per heavy atom. The molecule has 1 heterocycles. The minimum absolute atomic E-state index is 0.0579. The van der Waals surface area contributed by atoms with E-state index < -0.39 is 0 Å². The molecule has 0 aromatic rings. The van der Waals surface area contributed by atoms with Gasteiger partial charge in [-0.05, 0) is 57.4 Å². The number of piperidine rings is 1. The Labute approximate surface area is 141 Å². The van der Waals surface area contributed by atoms with Gasteiger partial charge in [0, 0.05) is 38.8 Å². The summed E-state index contributed by atoms with van der Waals surface area (Å²) >= 11 is 0. The zero-order chi connectivity index (χ0) is 16.7. The van der Waals surface area contributed by atoms with Crippen molar-refractivity contribution in [1.29, 1.82) is 0 Å². The smallest absolute Gasteiger partial charge is 0.317 e. The van der Waals surface area contributed by atoms with Crippen molar-refractivity contribution >= 4 is 6.03 Å². The van der Waals surface area contributed by atoms with Gasteiger partial charge in [-0.25, -0.2) is 4.79 Å². The van der Waals surface area contributed by atoms with Crippen LogP contribution in [0.1, 0.15) is 58.3 Å². The van der Waals surface area contributed by atoms with Gasteiger partial charge in [-0.1, -0.05) is 13.3 Å². The zero-order valence-corrected chi connectivity index (χ0v) is 15.0. The van der Waals surface area contributed by atoms with Crippen molar-refractivity contribution in [2.45, 2.75) is 70.4 Å². The van der Waals surface area contributed by atoms with Gasteiger partial charge in [-0.2, -0.15) is 0 Å². The fraction of sp³-hybridized carbons (Fsp3) is 0.944. The van der Waals surface area contributed by atoms with Gasteiger partial charge in [0.2, 0.25) is 0 Å². The van der Waals surface area contributed by atoms with Crippen LogP contribution in [0.25, 0.3) is 0 Å². The van der Waals surface area contributed by atoms with Gasteiger partial charge in [0.15, 0.2) is 0 Å². The number of nitrogens with zero attached hydrogens (tertiary/aromatic N) is 2. The van der Waals surface area contributed by atoms with Crippen molar-refractivity contribution in [3.05, 3.63) is 0 Å². The van der Waals surface area contributed by atoms with E-state index in [4.69, 9.17) is 0 Å². The summed E-state index contributed by atoms with van der Waals surface area (Å²) in [5, 5.41) is 12.3. The van der Waals surface area contributed by atoms with Crippen LogP contribution in [-0.4, -0.2) is 66.3 Å². The molecule has 2 aliphatic rings. The van der Waals surface area contributed by atoms with Crippen LogP contribution >= 0.6 is 0 Å². The van der Waals surface area contributed by atoms with Crippen molar-refractivity contribution in [2.24, 2.45) is 5.92 Å². The van der Waals surface area contributed by atoms with Crippen LogP contribution in [0.15, 0.2) is 0 Å². The monoisotopic (exact) mass is 325 g/mol. The maximum Gasteiger partial charge on any atom is 0.317 e. The minimum Gasteiger partial charge on any atom is -0.396 e. The molecule has 5 heteroatoms. The third-order valence-electron chi connectivity index (χ3n) is 5.84. The number of hydrogen-bond acceptors (Lipinski definition) is 3. The van der Waals surface area contributed by atoms with Gasteiger partial charge >= 0.3 is 6.03 Å². The maximum atomic E-state index is 12.3. The molecular formula is C18H35N3O2. The summed E-state index contributed by atoms with van der Waals surface area (Å²) < 4.78 is 0. The molecule has 2 N–H and O–H groups in total. The van der Waals surface area contributed by atoms with Crippen LogP contribution in [0.2, 0.25) is 0 Å². The summed E-state index contributed by atoms with van der Waals surface area (Å²) in [4.78, 5) is 16.7. The minimum atomic E-state index is 0.0579. The molecule has 0 bridgehead atoms. The standard InChI is InChI=1S/C18H35N3O2/c1-3-16-6-4-5-12-21(16)13-11-19-18(23)20(2)17-9-7-15(14-22)8-10-17/h15-17,22H,3-14H2,1-2H3,(H,19,23). The lowest BCUT2D eigenvalue weighted by Crippen LogP contribution is -2.48. The average molecular weight is 325 g/mol. The summed E-state index contributed by atoms with van der Waals surface area (Å²) in [6.45, 7) is 5.44. The highest BCUT2D eigenvalue weighted by molar-refractivity contribution is 5.74. The van der Waals surface area contributed by atoms with Crippen LogP contribution < -0.4 is 5.32 Å². The summed E-state index contributed by atoms with van der Waals surface area (Å²) in [7, 11) is 1.91. The molecular weight excluding hydrogens is 290 g/mol. The molecule has 2 fully saturated rings. The first kappa shape index (κ1) is 18.5. The van der Waals surface area contributed by atoms with Crippen LogP contribution in [0.4, 0.5) is 4.79 Å². The normalized spacial score (nSPS) is 29.3. The van der Waals surface area contributed by atoms with E-state index in [1.54, 1.807) is 0 Å². The first-order valence-electron chi connectivity index (χ1n) is 9.51. The molecule has 5 nitrogen and oxygen atoms in total. The lowest BCUT2D eigenvalue weighted by atomic mass is 9.86. The van der Waals surface area contributed by atoms with Crippen LogP contribution in [-0.2, 0) is 0 Å². The van der Waals surface area contributed by atoms with E-state index in [2.05, 4.69) is 17.1 Å². The molecule has 0 aromatic carbocycles. The lowest BCUT2D eigenvalue weighted by Gasteiger charge is -2.36. The predicted molar refractivity (Wildman–Crippen MR) is 93.5 cm³/mol. The Hall–Kier alpha value is -0.810. The molecule has 1 saturated carbocycles. The van der Waals surface area contributed by atoms with Crippen LogP contribution in [0.3, 0.4) is 0 Å². The molecule has 1 aliphatic heterocycles. The number of aliphatic hydroxyl groups is 1. The Bertz CT molecular complexity index is 356. The first-order chi connectivity index (χ1) is 11.2. The summed E-state index contributed by atoms with van der Waals surface area (Å²) in [5.41, 5.74) is 0. The fourth-order valence-electron chi connectivity index (χ4n) is 4.13. The Kier molecular flexibility index (Phi) is 7.63. The maximum absolute atomic E-state index is 12.3. The summed E-state index contributed by atoms with van der Waals surface area (Å²) in [6, 6.07) is 1.09. The second kappa shape index (κ2) is 9.48. The summed E-state index contributed by atoms with van der Waals surface area (Å²) in [5.74, 6) is 0.438. The van der Waals surface area contributed by atoms with Gasteiger partial charge in [0.25, 0.3) is 0 Å². The number of carbonyl (C=O) groups excluding carboxylic acids is 1. The SMILES string of the molecule is CCC1CCCCN1CCNC(=O)N(C)C1CCC(CO)CC1. The molecule has 23 heavy (non-hydrogen) atoms. The topological polar surface area (TPSA) is 55.8 Å². The largest absolute Gasteiger partial charge is 0.396 e. The second-order valence-corrected chi connectivity index (χ2v) is 7.29. The molecule has 134 valence electrons. The van der Waals surface area contributed by atoms with Crippen molar-refractivity contribution in [3.8, 4) is 0 Å². The van der Waals surface area contributed by atoms with Gasteiger partial charge in [-0.15, -0.1) is 0 Å². The van der Waals surface area contributed by atoms with E-state index in [0.717, 1.165) is 38.8 Å². The average Bonchev–Trinajstić information content (AvgIpc) is 2.61. The number of rotatable bonds is 6. The first-order valence-corrected chi connectivity index (χ1v) is 9.51. The molecule has 0 aromatic heterocycles. The molecule has 0 spiro atoms. The lowest BCUT2D eigenvalue weighted by molar-refractivity contribution is 0.128. The number of amides is 2. The number of carbonyl (C=O) groups is 1. The molecule has 1 atom stereocenters. The molecule has 2 rings (SSSR count). The van der Waals surface area contributed by atoms with Crippen molar-refractivity contribution in [1.82, 2.24) is 15.1 Å². The van der Waals surface area contributed by atoms with Gasteiger partial charge in [-0.3, -0.25) is 4.90 Å². The van der Waals surface area contributed by atoms with Crippen LogP contribution in [0, 0.1) is 5.92 Å². The van der Waals surface area contributed by atoms with Gasteiger partial charge in [0.1, 0.15) is 0 Å². The highest BCUT2D eigenvalue weighted by Crippen LogP contribution is 2.26. The zero-order valence-electron chi connectivity index (χ0n) is 15.0. The third-order valence-corrected chi connectivity index (χ3v) is 5.84. The number of nitrogens with one attached hydrogen (secondary N) is 1. The van der Waals surface area contributed by atoms with E-state index in [9.17, 15) is 9.90 Å². The highest BCUT2D eigenvalue weighted by atomic mass is 16.3. The third kappa shape index (κ3) is 5.35. The molecule has 1 unspecified atom stereocenters. The van der Waals surface area contributed by atoms with E-state index in [1.807, 2.05) is 11.9 Å². The van der Waals surface area contributed by atoms with Gasteiger partial charge in [0.05, 0.1) is 0 Å². The van der Waals surface area contributed by atoms with Crippen molar-refractivity contribution in [3.63, 3.8) is 0 Å². The van der Waals surface area contributed by atoms with E-state index in [-0.39, 0.29) is 12.6 Å². The number of likely N-dealkylation sites (tertiary alicyclic amines) is 1. The van der Waals surface area contributed by atoms with E-state index in [1.165, 1.54) is 32.2 Å². The van der Waals surface area contributed by atoms with Crippen molar-refractivity contribution in [2.75, 3.05) is 33.3 Å². The number of urea groups is 1. The Morgan fingerprint density at radius 3 is 2.61 bits per heavy atom. The second-order valence-electron chi connectivity index (χ2n) is 7.29. The quantitative estimate of drug-likeness (QED) is 0.789. The van der Waals surface area contributed by atoms with E-state index in [0.29, 0.717) is 18.0 Å². The Morgan fingerprint density at radius 1 is 1.22 bits per heavy atom. The van der Waals surface area contributed by atoms with E-state index >= 15 is 0 Å². The number of aliphatic hydroxyl groups excluding tert-OH is 1. The summed E-state index contributed by atoms with van der Waals surface area (Å²) in [6.07, 6.45) is 9.24. The number of hydrogen-bond donors (Lipinski definition) is 2. The molecule has 1 aliphatic carbocycles. The molecule has 0 radical (unpaired) electrons. The van der Waals surface area contributed by atoms with Crippen molar-refractivity contribution < 1.29 is 9.90 Å². The Balaban J connectivity index is 1.67. The fourth-order valence-corrected chi connectivity index (χ4v) is 4.13. The highest BCUT2D eigenvalue weighted by Gasteiger charge is 2.26. The predicted octanol–water partition coefficient (Wildman–Crippen LogP) is 2.44. The molecule has 1 saturated heterocycles.